The molecule has 7 nitrogen and oxygen atoms in total. The topological polar surface area (TPSA) is 73.7 Å². The van der Waals surface area contributed by atoms with E-state index in [-0.39, 0.29) is 18.9 Å². The van der Waals surface area contributed by atoms with E-state index in [1.54, 1.807) is 16.7 Å². The van der Waals surface area contributed by atoms with Gasteiger partial charge in [0, 0.05) is 17.9 Å². The van der Waals surface area contributed by atoms with Crippen LogP contribution in [0, 0.1) is 13.8 Å². The highest BCUT2D eigenvalue weighted by Crippen LogP contribution is 2.30. The molecule has 0 saturated heterocycles. The van der Waals surface area contributed by atoms with Crippen LogP contribution in [0.5, 0.6) is 5.75 Å². The van der Waals surface area contributed by atoms with Gasteiger partial charge in [0.2, 0.25) is 0 Å². The molecule has 0 bridgehead atoms. The fraction of sp³-hybridized carbons (Fsp3) is 0.450. The van der Waals surface area contributed by atoms with Crippen LogP contribution in [0.4, 0.5) is 5.69 Å². The van der Waals surface area contributed by atoms with Gasteiger partial charge in [-0.2, -0.15) is 5.10 Å². The second kappa shape index (κ2) is 8.24. The third-order valence-electron chi connectivity index (χ3n) is 4.69. The molecule has 0 fully saturated rings. The summed E-state index contributed by atoms with van der Waals surface area (Å²) in [6.45, 7) is 4.67. The quantitative estimate of drug-likeness (QED) is 0.729. The molecule has 144 valence electrons. The molecule has 1 amide bonds. The van der Waals surface area contributed by atoms with Gasteiger partial charge >= 0.3 is 5.97 Å². The Morgan fingerprint density at radius 2 is 2.04 bits per heavy atom. The maximum atomic E-state index is 12.6. The van der Waals surface area contributed by atoms with Crippen molar-refractivity contribution in [3.8, 4) is 5.75 Å². The van der Waals surface area contributed by atoms with Crippen LogP contribution in [0.15, 0.2) is 24.3 Å². The van der Waals surface area contributed by atoms with Crippen LogP contribution < -0.4 is 9.64 Å². The van der Waals surface area contributed by atoms with Crippen molar-refractivity contribution in [2.45, 2.75) is 39.7 Å². The van der Waals surface area contributed by atoms with Gasteiger partial charge in [-0.05, 0) is 56.5 Å². The highest BCUT2D eigenvalue weighted by molar-refractivity contribution is 5.96. The zero-order chi connectivity index (χ0) is 19.4. The first-order valence-electron chi connectivity index (χ1n) is 9.12. The van der Waals surface area contributed by atoms with Gasteiger partial charge < -0.3 is 14.4 Å². The number of ether oxygens (including phenoxy) is 2. The van der Waals surface area contributed by atoms with Crippen LogP contribution >= 0.6 is 0 Å². The van der Waals surface area contributed by atoms with Crippen LogP contribution in [0.3, 0.4) is 0 Å². The molecule has 0 saturated carbocycles. The molecule has 0 radical (unpaired) electrons. The van der Waals surface area contributed by atoms with Crippen LogP contribution in [0.1, 0.15) is 29.8 Å². The largest absolute Gasteiger partial charge is 0.497 e. The van der Waals surface area contributed by atoms with Crippen molar-refractivity contribution < 1.29 is 19.1 Å². The number of aromatic nitrogens is 2. The van der Waals surface area contributed by atoms with Gasteiger partial charge in [0.1, 0.15) is 5.75 Å². The fourth-order valence-electron chi connectivity index (χ4n) is 3.35. The number of methoxy groups -OCH3 is 1. The normalized spacial score (nSPS) is 13.2. The Balaban J connectivity index is 1.54. The number of hydrogen-bond acceptors (Lipinski definition) is 5. The van der Waals surface area contributed by atoms with Gasteiger partial charge in [0.15, 0.2) is 6.61 Å². The zero-order valence-corrected chi connectivity index (χ0v) is 16.0. The Kier molecular flexibility index (Phi) is 5.78. The summed E-state index contributed by atoms with van der Waals surface area (Å²) in [5.41, 5.74) is 3.85. The molecule has 7 heteroatoms. The average Bonchev–Trinajstić information content (AvgIpc) is 3.00. The van der Waals surface area contributed by atoms with E-state index in [2.05, 4.69) is 5.10 Å². The van der Waals surface area contributed by atoms with Crippen LogP contribution in [-0.4, -0.2) is 41.9 Å². The molecular weight excluding hydrogens is 346 g/mol. The first kappa shape index (κ1) is 18.9. The van der Waals surface area contributed by atoms with E-state index in [0.29, 0.717) is 13.1 Å². The van der Waals surface area contributed by atoms with Crippen molar-refractivity contribution in [1.82, 2.24) is 9.78 Å². The first-order chi connectivity index (χ1) is 13.0. The molecule has 0 aliphatic carbocycles. The van der Waals surface area contributed by atoms with Crippen molar-refractivity contribution in [3.63, 3.8) is 0 Å². The number of rotatable bonds is 6. The Hall–Kier alpha value is -2.83. The number of anilines is 1. The molecule has 2 heterocycles. The highest BCUT2D eigenvalue weighted by atomic mass is 16.5. The predicted molar refractivity (Wildman–Crippen MR) is 101 cm³/mol. The second-order valence-corrected chi connectivity index (χ2v) is 6.70. The molecule has 2 aromatic rings. The summed E-state index contributed by atoms with van der Waals surface area (Å²) in [6, 6.07) is 7.63. The van der Waals surface area contributed by atoms with Gasteiger partial charge in [0.25, 0.3) is 5.91 Å². The Labute approximate surface area is 158 Å². The fourth-order valence-corrected chi connectivity index (χ4v) is 3.35. The minimum atomic E-state index is -0.400. The van der Waals surface area contributed by atoms with Gasteiger partial charge in [-0.25, -0.2) is 0 Å². The lowest BCUT2D eigenvalue weighted by molar-refractivity contribution is -0.148. The number of carbonyl (C=O) groups excluding carboxylic acids is 2. The van der Waals surface area contributed by atoms with Gasteiger partial charge in [-0.3, -0.25) is 14.3 Å². The molecule has 1 aliphatic heterocycles. The van der Waals surface area contributed by atoms with E-state index in [4.69, 9.17) is 9.47 Å². The van der Waals surface area contributed by atoms with Crippen LogP contribution in [0.25, 0.3) is 0 Å². The number of hydrogen-bond donors (Lipinski definition) is 0. The predicted octanol–water partition coefficient (Wildman–Crippen LogP) is 2.42. The average molecular weight is 371 g/mol. The molecular formula is C20H25N3O4. The molecule has 1 aromatic heterocycles. The van der Waals surface area contributed by atoms with Crippen LogP contribution in [-0.2, 0) is 27.3 Å². The van der Waals surface area contributed by atoms with Crippen molar-refractivity contribution in [2.75, 3.05) is 25.2 Å². The van der Waals surface area contributed by atoms with Crippen molar-refractivity contribution in [3.05, 3.63) is 41.2 Å². The molecule has 0 atom stereocenters. The highest BCUT2D eigenvalue weighted by Gasteiger charge is 2.23. The van der Waals surface area contributed by atoms with Gasteiger partial charge in [-0.15, -0.1) is 0 Å². The lowest BCUT2D eigenvalue weighted by Crippen LogP contribution is -2.38. The summed E-state index contributed by atoms with van der Waals surface area (Å²) in [4.78, 5) is 26.2. The lowest BCUT2D eigenvalue weighted by Gasteiger charge is -2.29. The number of nitrogens with zero attached hydrogens (tertiary/aromatic N) is 3. The van der Waals surface area contributed by atoms with E-state index in [1.165, 1.54) is 0 Å². The summed E-state index contributed by atoms with van der Waals surface area (Å²) >= 11 is 0. The van der Waals surface area contributed by atoms with Crippen molar-refractivity contribution >= 4 is 17.6 Å². The third-order valence-corrected chi connectivity index (χ3v) is 4.69. The van der Waals surface area contributed by atoms with Gasteiger partial charge in [-0.1, -0.05) is 0 Å². The maximum absolute atomic E-state index is 12.6. The SMILES string of the molecule is COc1ccc2c(c1)CCCN2C(=O)COC(=O)CCn1nc(C)cc1C. The lowest BCUT2D eigenvalue weighted by atomic mass is 10.0. The van der Waals surface area contributed by atoms with E-state index >= 15 is 0 Å². The molecule has 1 aromatic carbocycles. The van der Waals surface area contributed by atoms with Crippen molar-refractivity contribution in [2.24, 2.45) is 0 Å². The minimum absolute atomic E-state index is 0.184. The molecule has 27 heavy (non-hydrogen) atoms. The Bertz CT molecular complexity index is 844. The molecule has 0 unspecified atom stereocenters. The van der Waals surface area contributed by atoms with Crippen LogP contribution in [0.2, 0.25) is 0 Å². The standard InChI is InChI=1S/C20H25N3O4/c1-14-11-15(2)23(21-14)10-8-20(25)27-13-19(24)22-9-4-5-16-12-17(26-3)6-7-18(16)22/h6-7,11-12H,4-5,8-10,13H2,1-3H3. The smallest absolute Gasteiger partial charge is 0.308 e. The summed E-state index contributed by atoms with van der Waals surface area (Å²) in [7, 11) is 1.62. The molecule has 0 N–H and O–H groups in total. The molecule has 0 spiro atoms. The van der Waals surface area contributed by atoms with E-state index in [9.17, 15) is 9.59 Å². The summed E-state index contributed by atoms with van der Waals surface area (Å²) in [5.74, 6) is 0.169. The number of esters is 1. The number of amides is 1. The van der Waals surface area contributed by atoms with Gasteiger partial charge in [0.05, 0.1) is 25.8 Å². The molecule has 1 aliphatic rings. The summed E-state index contributed by atoms with van der Waals surface area (Å²) in [5, 5.41) is 4.31. The maximum Gasteiger partial charge on any atom is 0.308 e. The van der Waals surface area contributed by atoms with E-state index in [1.807, 2.05) is 38.1 Å². The summed E-state index contributed by atoms with van der Waals surface area (Å²) < 4.78 is 12.2. The monoisotopic (exact) mass is 371 g/mol. The molecule has 3 rings (SSSR count). The van der Waals surface area contributed by atoms with E-state index in [0.717, 1.165) is 41.2 Å². The number of carbonyl (C=O) groups is 2. The number of aryl methyl sites for hydroxylation is 4. The Morgan fingerprint density at radius 3 is 2.74 bits per heavy atom. The second-order valence-electron chi connectivity index (χ2n) is 6.70. The minimum Gasteiger partial charge on any atom is -0.497 e. The number of fused-ring (bicyclic) bond motifs is 1. The Morgan fingerprint density at radius 1 is 1.22 bits per heavy atom. The number of benzene rings is 1. The first-order valence-corrected chi connectivity index (χ1v) is 9.12. The third kappa shape index (κ3) is 4.48. The van der Waals surface area contributed by atoms with Crippen molar-refractivity contribution in [1.29, 1.82) is 0 Å². The van der Waals surface area contributed by atoms with E-state index < -0.39 is 5.97 Å². The summed E-state index contributed by atoms with van der Waals surface area (Å²) in [6.07, 6.45) is 1.96. The zero-order valence-electron chi connectivity index (χ0n) is 16.0.